The third-order valence-corrected chi connectivity index (χ3v) is 14.9. The van der Waals surface area contributed by atoms with Crippen LogP contribution in [0.1, 0.15) is 133 Å². The lowest BCUT2D eigenvalue weighted by Crippen LogP contribution is -2.62. The lowest BCUT2D eigenvalue weighted by molar-refractivity contribution is -0.147. The number of nitrogens with zero attached hydrogens (tertiary/aromatic N) is 2. The molecule has 2 aliphatic carbocycles. The number of likely N-dealkylation sites (N-methyl/N-ethyl adjacent to an activating group) is 2. The Labute approximate surface area is 414 Å². The Morgan fingerprint density at radius 2 is 1.10 bits per heavy atom. The number of benzene rings is 3. The summed E-state index contributed by atoms with van der Waals surface area (Å²) in [4.78, 5) is 88.8. The molecule has 0 aromatic heterocycles. The molecule has 3 aromatic rings. The van der Waals surface area contributed by atoms with Crippen molar-refractivity contribution >= 4 is 35.4 Å². The first-order valence-electron chi connectivity index (χ1n) is 25.3. The van der Waals surface area contributed by atoms with Gasteiger partial charge in [-0.25, -0.2) is 0 Å². The van der Waals surface area contributed by atoms with Crippen molar-refractivity contribution in [3.8, 4) is 5.75 Å². The molecule has 3 aromatic carbocycles. The molecule has 15 heteroatoms. The molecule has 2 aliphatic heterocycles. The maximum atomic E-state index is 15.0. The molecule has 9 atom stereocenters. The molecule has 6 amide bonds. The summed E-state index contributed by atoms with van der Waals surface area (Å²) < 4.78 is 6.73. The van der Waals surface area contributed by atoms with Crippen molar-refractivity contribution in [2.24, 2.45) is 10.8 Å². The minimum atomic E-state index is -0.946. The van der Waals surface area contributed by atoms with E-state index in [1.54, 1.807) is 37.7 Å². The van der Waals surface area contributed by atoms with E-state index in [9.17, 15) is 24.0 Å². The minimum absolute atomic E-state index is 0.0793. The first-order valence-corrected chi connectivity index (χ1v) is 25.3. The van der Waals surface area contributed by atoms with E-state index in [1.165, 1.54) is 11.1 Å². The molecular weight excluding hydrogens is 885 g/mol. The number of carbonyl (C=O) groups excluding carboxylic acids is 6. The number of ether oxygens (including phenoxy) is 1. The zero-order valence-electron chi connectivity index (χ0n) is 42.9. The second-order valence-electron chi connectivity index (χ2n) is 22.0. The van der Waals surface area contributed by atoms with Gasteiger partial charge in [0.05, 0.1) is 30.7 Å². The van der Waals surface area contributed by atoms with Gasteiger partial charge in [0.15, 0.2) is 0 Å². The van der Waals surface area contributed by atoms with Crippen molar-refractivity contribution in [3.05, 3.63) is 100 Å². The SMILES string of the molecule is CN[C@@H](C)C(=O)N[C@H](C(=O)N1Cc2cc(O[C@H]3C[C@@H](C(=O)N[C@@H]4CCCc5ccccc54)N(C(=O)[C@@H](NC(=O)[C@H](C)NC)C(C)(C)C)C3)ccc2C[C@H]1C(=O)N[C@@H]1CCCc2ccccc21)C(C)(C)C. The minimum Gasteiger partial charge on any atom is -0.488 e. The Bertz CT molecular complexity index is 2430. The molecule has 1 fully saturated rings. The molecule has 15 nitrogen and oxygen atoms in total. The molecule has 6 N–H and O–H groups in total. The molecule has 0 radical (unpaired) electrons. The van der Waals surface area contributed by atoms with Crippen molar-refractivity contribution in [1.82, 2.24) is 41.7 Å². The van der Waals surface area contributed by atoms with E-state index < -0.39 is 53.2 Å². The lowest BCUT2D eigenvalue weighted by atomic mass is 9.83. The fourth-order valence-electron chi connectivity index (χ4n) is 10.4. The van der Waals surface area contributed by atoms with E-state index >= 15 is 4.79 Å². The lowest BCUT2D eigenvalue weighted by Gasteiger charge is -2.42. The first-order chi connectivity index (χ1) is 33.2. The van der Waals surface area contributed by atoms with Gasteiger partial charge < -0.3 is 46.4 Å². The van der Waals surface area contributed by atoms with Gasteiger partial charge in [0.2, 0.25) is 35.4 Å². The molecular formula is C55H76N8O7. The maximum Gasteiger partial charge on any atom is 0.246 e. The van der Waals surface area contributed by atoms with Crippen LogP contribution < -0.4 is 36.6 Å². The van der Waals surface area contributed by atoms with Crippen molar-refractivity contribution in [1.29, 1.82) is 0 Å². The van der Waals surface area contributed by atoms with Gasteiger partial charge in [-0.15, -0.1) is 0 Å². The van der Waals surface area contributed by atoms with Crippen molar-refractivity contribution < 1.29 is 33.5 Å². The van der Waals surface area contributed by atoms with E-state index in [1.807, 2.05) is 84.0 Å². The third-order valence-electron chi connectivity index (χ3n) is 14.9. The van der Waals surface area contributed by atoms with Gasteiger partial charge in [0, 0.05) is 19.4 Å². The summed E-state index contributed by atoms with van der Waals surface area (Å²) in [6, 6.07) is 16.8. The fourth-order valence-corrected chi connectivity index (χ4v) is 10.4. The van der Waals surface area contributed by atoms with Crippen LogP contribution in [-0.4, -0.2) is 108 Å². The van der Waals surface area contributed by atoms with E-state index in [-0.39, 0.29) is 73.5 Å². The largest absolute Gasteiger partial charge is 0.488 e. The zero-order valence-corrected chi connectivity index (χ0v) is 42.9. The molecule has 0 unspecified atom stereocenters. The van der Waals surface area contributed by atoms with Crippen LogP contribution in [0.15, 0.2) is 66.7 Å². The van der Waals surface area contributed by atoms with E-state index in [4.69, 9.17) is 4.74 Å². The van der Waals surface area contributed by atoms with Crippen LogP contribution in [0, 0.1) is 10.8 Å². The fraction of sp³-hybridized carbons (Fsp3) is 0.564. The molecule has 4 aliphatic rings. The molecule has 70 heavy (non-hydrogen) atoms. The van der Waals surface area contributed by atoms with Crippen LogP contribution in [0.25, 0.3) is 0 Å². The van der Waals surface area contributed by atoms with Crippen LogP contribution in [0.4, 0.5) is 0 Å². The summed E-state index contributed by atoms with van der Waals surface area (Å²) in [5.74, 6) is -1.45. The number of fused-ring (bicyclic) bond motifs is 3. The van der Waals surface area contributed by atoms with Crippen molar-refractivity contribution in [2.45, 2.75) is 168 Å². The number of likely N-dealkylation sites (tertiary alicyclic amines) is 1. The number of rotatable bonds is 14. The maximum absolute atomic E-state index is 15.0. The number of hydrogen-bond acceptors (Lipinski definition) is 9. The van der Waals surface area contributed by atoms with Gasteiger partial charge in [-0.3, -0.25) is 28.8 Å². The molecule has 0 saturated carbocycles. The van der Waals surface area contributed by atoms with E-state index in [0.29, 0.717) is 5.75 Å². The zero-order chi connectivity index (χ0) is 50.7. The van der Waals surface area contributed by atoms with Crippen LogP contribution >= 0.6 is 0 Å². The van der Waals surface area contributed by atoms with Crippen LogP contribution in [-0.2, 0) is 54.6 Å². The standard InChI is InChI=1S/C55H76N8O7/c1-32(56-9)48(64)60-46(54(3,4)5)52(68)62-30-37-27-38(26-25-36(37)28-44(62)50(66)58-42-23-15-19-34-17-11-13-21-40(34)42)70-39-29-45(51(67)59-43-24-16-20-35-18-12-14-22-41(35)43)63(31-39)53(69)47(55(6,7)8)61-49(65)33(2)57-10/h11-14,17-18,21-22,25-27,32-33,39,42-47,56-57H,15-16,19-20,23-24,28-31H2,1-10H3,(H,58,66)(H,59,67)(H,60,64)(H,61,65)/t32-,33-,39-,42+,43+,44-,45-,46+,47+/m0/s1. The summed E-state index contributed by atoms with van der Waals surface area (Å²) in [6.07, 6.45) is 5.13. The van der Waals surface area contributed by atoms with Crippen molar-refractivity contribution in [2.75, 3.05) is 20.6 Å². The summed E-state index contributed by atoms with van der Waals surface area (Å²) in [7, 11) is 3.37. The van der Waals surface area contributed by atoms with E-state index in [2.05, 4.69) is 56.2 Å². The number of carbonyl (C=O) groups is 6. The normalized spacial score (nSPS) is 22.7. The number of aryl methyl sites for hydroxylation is 2. The number of amides is 6. The van der Waals surface area contributed by atoms with Crippen LogP contribution in [0.5, 0.6) is 5.75 Å². The summed E-state index contributed by atoms with van der Waals surface area (Å²) in [6.45, 7) is 15.0. The van der Waals surface area contributed by atoms with Crippen molar-refractivity contribution in [3.63, 3.8) is 0 Å². The second-order valence-corrected chi connectivity index (χ2v) is 22.0. The van der Waals surface area contributed by atoms with Crippen LogP contribution in [0.3, 0.4) is 0 Å². The highest BCUT2D eigenvalue weighted by Gasteiger charge is 2.47. The molecule has 0 spiro atoms. The predicted octanol–water partition coefficient (Wildman–Crippen LogP) is 4.95. The van der Waals surface area contributed by atoms with Gasteiger partial charge in [-0.2, -0.15) is 0 Å². The third kappa shape index (κ3) is 11.7. The Balaban J connectivity index is 1.17. The highest BCUT2D eigenvalue weighted by Crippen LogP contribution is 2.36. The average Bonchev–Trinajstić information content (AvgIpc) is 3.76. The van der Waals surface area contributed by atoms with Gasteiger partial charge >= 0.3 is 0 Å². The Morgan fingerprint density at radius 3 is 1.60 bits per heavy atom. The summed E-state index contributed by atoms with van der Waals surface area (Å²) >= 11 is 0. The molecule has 1 saturated heterocycles. The average molecular weight is 961 g/mol. The Morgan fingerprint density at radius 1 is 0.614 bits per heavy atom. The molecule has 378 valence electrons. The molecule has 2 heterocycles. The smallest absolute Gasteiger partial charge is 0.246 e. The topological polar surface area (TPSA) is 190 Å². The Kier molecular flexibility index (Phi) is 16.1. The molecule has 7 rings (SSSR count). The summed E-state index contributed by atoms with van der Waals surface area (Å²) in [5.41, 5.74) is 4.84. The number of nitrogens with one attached hydrogen (secondary N) is 6. The van der Waals surface area contributed by atoms with E-state index in [0.717, 1.165) is 60.8 Å². The quantitative estimate of drug-likeness (QED) is 0.130. The van der Waals surface area contributed by atoms with Crippen LogP contribution in [0.2, 0.25) is 0 Å². The van der Waals surface area contributed by atoms with Gasteiger partial charge in [-0.1, -0.05) is 96.1 Å². The monoisotopic (exact) mass is 961 g/mol. The highest BCUT2D eigenvalue weighted by molar-refractivity contribution is 5.95. The summed E-state index contributed by atoms with van der Waals surface area (Å²) in [5, 5.41) is 18.5. The number of hydrogen-bond donors (Lipinski definition) is 6. The van der Waals surface area contributed by atoms with Gasteiger partial charge in [0.1, 0.15) is 36.0 Å². The second kappa shape index (κ2) is 21.7. The first kappa shape index (κ1) is 52.0. The van der Waals surface area contributed by atoms with Gasteiger partial charge in [0.25, 0.3) is 0 Å². The Hall–Kier alpha value is -5.80. The predicted molar refractivity (Wildman–Crippen MR) is 269 cm³/mol. The molecule has 0 bridgehead atoms. The highest BCUT2D eigenvalue weighted by atomic mass is 16.5. The van der Waals surface area contributed by atoms with Gasteiger partial charge in [-0.05, 0) is 123 Å².